The summed E-state index contributed by atoms with van der Waals surface area (Å²) in [6.45, 7) is 4.24. The lowest BCUT2D eigenvalue weighted by molar-refractivity contribution is -0.143. The summed E-state index contributed by atoms with van der Waals surface area (Å²) in [5, 5.41) is 15.0. The first-order chi connectivity index (χ1) is 16.4. The number of carbonyl (C=O) groups is 3. The Morgan fingerprint density at radius 2 is 1.53 bits per heavy atom. The van der Waals surface area contributed by atoms with Crippen LogP contribution in [0.1, 0.15) is 56.6 Å². The van der Waals surface area contributed by atoms with E-state index in [-0.39, 0.29) is 31.5 Å². The first-order valence-corrected chi connectivity index (χ1v) is 12.0. The van der Waals surface area contributed by atoms with Crippen molar-refractivity contribution in [3.8, 4) is 11.1 Å². The second-order valence-electron chi connectivity index (χ2n) is 9.43. The maximum Gasteiger partial charge on any atom is 0.407 e. The average molecular weight is 465 g/mol. The van der Waals surface area contributed by atoms with Crippen LogP contribution in [-0.2, 0) is 14.3 Å². The Morgan fingerprint density at radius 3 is 2.03 bits per heavy atom. The molecule has 0 saturated heterocycles. The van der Waals surface area contributed by atoms with Crippen molar-refractivity contribution < 1.29 is 24.2 Å². The van der Waals surface area contributed by atoms with Crippen molar-refractivity contribution in [2.75, 3.05) is 19.7 Å². The van der Waals surface area contributed by atoms with Crippen LogP contribution in [0.25, 0.3) is 11.1 Å². The van der Waals surface area contributed by atoms with Crippen LogP contribution in [0, 0.1) is 10.8 Å². The zero-order valence-electron chi connectivity index (χ0n) is 19.7. The van der Waals surface area contributed by atoms with E-state index < -0.39 is 22.9 Å². The standard InChI is InChI=1S/C27H32N2O5/c1-3-26(4-2,23(30)28-17-27(13-14-27)24(31)32)16-29-25(33)34-15-22-20-11-7-5-9-18(20)19-10-6-8-12-21(19)22/h5-12,22H,3-4,13-17H2,1-2H3,(H,28,30)(H,29,33)(H,31,32). The molecule has 0 radical (unpaired) electrons. The summed E-state index contributed by atoms with van der Waals surface area (Å²) >= 11 is 0. The van der Waals surface area contributed by atoms with Crippen molar-refractivity contribution >= 4 is 18.0 Å². The smallest absolute Gasteiger partial charge is 0.407 e. The number of carbonyl (C=O) groups excluding carboxylic acids is 2. The van der Waals surface area contributed by atoms with Gasteiger partial charge in [0.1, 0.15) is 6.61 Å². The fourth-order valence-electron chi connectivity index (χ4n) is 4.85. The van der Waals surface area contributed by atoms with E-state index in [2.05, 4.69) is 34.9 Å². The lowest BCUT2D eigenvalue weighted by Crippen LogP contribution is -2.49. The number of rotatable bonds is 10. The zero-order valence-corrected chi connectivity index (χ0v) is 19.7. The van der Waals surface area contributed by atoms with Crippen molar-refractivity contribution in [3.63, 3.8) is 0 Å². The highest BCUT2D eigenvalue weighted by atomic mass is 16.5. The second kappa shape index (κ2) is 9.49. The molecule has 1 saturated carbocycles. The van der Waals surface area contributed by atoms with Crippen LogP contribution in [0.5, 0.6) is 0 Å². The molecule has 34 heavy (non-hydrogen) atoms. The number of carboxylic acids is 1. The summed E-state index contributed by atoms with van der Waals surface area (Å²) in [4.78, 5) is 37.0. The van der Waals surface area contributed by atoms with Gasteiger partial charge in [-0.05, 0) is 47.9 Å². The molecule has 4 rings (SSSR count). The molecule has 7 nitrogen and oxygen atoms in total. The first-order valence-electron chi connectivity index (χ1n) is 12.0. The van der Waals surface area contributed by atoms with Gasteiger partial charge in [-0.1, -0.05) is 62.4 Å². The van der Waals surface area contributed by atoms with Crippen LogP contribution in [0.3, 0.4) is 0 Å². The number of aliphatic carboxylic acids is 1. The molecule has 2 aromatic carbocycles. The quantitative estimate of drug-likeness (QED) is 0.486. The summed E-state index contributed by atoms with van der Waals surface area (Å²) in [6.07, 6.45) is 1.61. The van der Waals surface area contributed by atoms with E-state index in [1.165, 1.54) is 0 Å². The van der Waals surface area contributed by atoms with Gasteiger partial charge >= 0.3 is 12.1 Å². The van der Waals surface area contributed by atoms with E-state index in [0.29, 0.717) is 25.7 Å². The van der Waals surface area contributed by atoms with Crippen LogP contribution in [0.2, 0.25) is 0 Å². The van der Waals surface area contributed by atoms with Gasteiger partial charge in [0.15, 0.2) is 0 Å². The normalized spacial score (nSPS) is 15.7. The van der Waals surface area contributed by atoms with E-state index >= 15 is 0 Å². The molecule has 2 aromatic rings. The Bertz CT molecular complexity index is 1040. The molecule has 0 atom stereocenters. The van der Waals surface area contributed by atoms with Gasteiger partial charge in [-0.15, -0.1) is 0 Å². The highest BCUT2D eigenvalue weighted by Gasteiger charge is 2.51. The topological polar surface area (TPSA) is 105 Å². The highest BCUT2D eigenvalue weighted by molar-refractivity contribution is 5.85. The Morgan fingerprint density at radius 1 is 0.971 bits per heavy atom. The largest absolute Gasteiger partial charge is 0.481 e. The van der Waals surface area contributed by atoms with Crippen LogP contribution in [0.15, 0.2) is 48.5 Å². The second-order valence-corrected chi connectivity index (χ2v) is 9.43. The molecule has 2 aliphatic carbocycles. The number of ether oxygens (including phenoxy) is 1. The Balaban J connectivity index is 1.35. The predicted octanol–water partition coefficient (Wildman–Crippen LogP) is 4.31. The molecule has 2 aliphatic rings. The van der Waals surface area contributed by atoms with Gasteiger partial charge in [-0.3, -0.25) is 9.59 Å². The van der Waals surface area contributed by atoms with Gasteiger partial charge in [0.2, 0.25) is 5.91 Å². The van der Waals surface area contributed by atoms with E-state index in [1.54, 1.807) is 0 Å². The number of nitrogens with one attached hydrogen (secondary N) is 2. The molecule has 2 amide bonds. The van der Waals surface area contributed by atoms with E-state index in [4.69, 9.17) is 4.74 Å². The molecule has 180 valence electrons. The molecule has 0 aromatic heterocycles. The monoisotopic (exact) mass is 464 g/mol. The SMILES string of the molecule is CCC(CC)(CNC(=O)OCC1c2ccccc2-c2ccccc21)C(=O)NCC1(C(=O)O)CC1. The summed E-state index contributed by atoms with van der Waals surface area (Å²) in [5.41, 5.74) is 2.95. The first kappa shape index (κ1) is 23.8. The van der Waals surface area contributed by atoms with Crippen molar-refractivity contribution in [1.82, 2.24) is 10.6 Å². The Labute approximate surface area is 199 Å². The third-order valence-electron chi connectivity index (χ3n) is 7.64. The fraction of sp³-hybridized carbons (Fsp3) is 0.444. The highest BCUT2D eigenvalue weighted by Crippen LogP contribution is 2.46. The number of carboxylic acid groups (broad SMARTS) is 1. The number of amides is 2. The zero-order chi connectivity index (χ0) is 24.3. The van der Waals surface area contributed by atoms with Gasteiger partial charge in [0.25, 0.3) is 0 Å². The lowest BCUT2D eigenvalue weighted by atomic mass is 9.81. The number of fused-ring (bicyclic) bond motifs is 3. The molecule has 0 aliphatic heterocycles. The lowest BCUT2D eigenvalue weighted by Gasteiger charge is -2.31. The van der Waals surface area contributed by atoms with Gasteiger partial charge in [0.05, 0.1) is 10.8 Å². The maximum absolute atomic E-state index is 13.0. The van der Waals surface area contributed by atoms with Crippen LogP contribution >= 0.6 is 0 Å². The third kappa shape index (κ3) is 4.39. The average Bonchev–Trinajstić information content (AvgIpc) is 3.59. The van der Waals surface area contributed by atoms with Crippen molar-refractivity contribution in [2.24, 2.45) is 10.8 Å². The molecule has 0 heterocycles. The Hall–Kier alpha value is -3.35. The van der Waals surface area contributed by atoms with E-state index in [0.717, 1.165) is 22.3 Å². The van der Waals surface area contributed by atoms with Crippen molar-refractivity contribution in [1.29, 1.82) is 0 Å². The number of hydrogen-bond acceptors (Lipinski definition) is 4. The summed E-state index contributed by atoms with van der Waals surface area (Å²) in [7, 11) is 0. The molecule has 3 N–H and O–H groups in total. The maximum atomic E-state index is 13.0. The molecule has 0 spiro atoms. The number of hydrogen-bond donors (Lipinski definition) is 3. The fourth-order valence-corrected chi connectivity index (χ4v) is 4.85. The minimum absolute atomic E-state index is 0.0330. The molecule has 0 unspecified atom stereocenters. The molecule has 7 heteroatoms. The third-order valence-corrected chi connectivity index (χ3v) is 7.64. The van der Waals surface area contributed by atoms with Crippen LogP contribution < -0.4 is 10.6 Å². The minimum atomic E-state index is -0.872. The van der Waals surface area contributed by atoms with Crippen molar-refractivity contribution in [3.05, 3.63) is 59.7 Å². The van der Waals surface area contributed by atoms with Gasteiger partial charge in [0, 0.05) is 19.0 Å². The van der Waals surface area contributed by atoms with Crippen LogP contribution in [0.4, 0.5) is 4.79 Å². The molecule has 0 bridgehead atoms. The van der Waals surface area contributed by atoms with E-state index in [9.17, 15) is 19.5 Å². The molecule has 1 fully saturated rings. The summed E-state index contributed by atoms with van der Waals surface area (Å²) in [5.74, 6) is -1.14. The van der Waals surface area contributed by atoms with Gasteiger partial charge in [-0.2, -0.15) is 0 Å². The van der Waals surface area contributed by atoms with Gasteiger partial charge in [-0.25, -0.2) is 4.79 Å². The Kier molecular flexibility index (Phi) is 6.64. The minimum Gasteiger partial charge on any atom is -0.481 e. The number of alkyl carbamates (subject to hydrolysis) is 1. The van der Waals surface area contributed by atoms with Crippen LogP contribution in [-0.4, -0.2) is 42.8 Å². The predicted molar refractivity (Wildman–Crippen MR) is 128 cm³/mol. The van der Waals surface area contributed by atoms with Gasteiger partial charge < -0.3 is 20.5 Å². The molecular weight excluding hydrogens is 432 g/mol. The summed E-state index contributed by atoms with van der Waals surface area (Å²) < 4.78 is 5.60. The van der Waals surface area contributed by atoms with Crippen molar-refractivity contribution in [2.45, 2.75) is 45.4 Å². The summed E-state index contributed by atoms with van der Waals surface area (Å²) in [6, 6.07) is 16.3. The van der Waals surface area contributed by atoms with E-state index in [1.807, 2.05) is 38.1 Å². The molecular formula is C27H32N2O5. The number of benzene rings is 2.